The molecule has 3 heterocycles. The number of hydrogen-bond acceptors (Lipinski definition) is 9. The number of carbonyl (C=O) groups excluding carboxylic acids is 4. The van der Waals surface area contributed by atoms with Gasteiger partial charge in [-0.05, 0) is 84.3 Å². The molecule has 0 radical (unpaired) electrons. The van der Waals surface area contributed by atoms with E-state index in [1.54, 1.807) is 0 Å². The van der Waals surface area contributed by atoms with Gasteiger partial charge in [0.15, 0.2) is 5.78 Å². The van der Waals surface area contributed by atoms with Gasteiger partial charge in [-0.1, -0.05) is 67.0 Å². The molecular formula is C41H57N3O8S. The summed E-state index contributed by atoms with van der Waals surface area (Å²) in [6, 6.07) is 5.44. The van der Waals surface area contributed by atoms with Crippen LogP contribution in [0.25, 0.3) is 10.8 Å². The van der Waals surface area contributed by atoms with Gasteiger partial charge in [0.25, 0.3) is 0 Å². The molecule has 5 atom stereocenters. The standard InChI is InChI=1S/C41H57N3O8S/c1-8-26-22-42-36-31-17-25(12-15-30(26)31)11-10-16-40(6,7)24-51-35(46)19-32(39(3,4)5)37(47)44-23-28(52-36)18-33(44)34(45)21-41(20-27(41)9-2)38(48)43-53(49,50)29-13-14-29/h12,15,17,22,27-29,32-33H,8-11,13-14,16,18-21,23-24H2,1-7H3,(H,43,48)/t27-,28?,32?,33?,41-/m1/s1. The van der Waals surface area contributed by atoms with Crippen LogP contribution in [0.4, 0.5) is 0 Å². The van der Waals surface area contributed by atoms with Gasteiger partial charge in [-0.2, -0.15) is 0 Å². The van der Waals surface area contributed by atoms with Gasteiger partial charge < -0.3 is 14.4 Å². The zero-order chi connectivity index (χ0) is 38.5. The number of amides is 2. The molecule has 53 heavy (non-hydrogen) atoms. The number of aromatic nitrogens is 1. The number of fused-ring (bicyclic) bond motifs is 3. The second kappa shape index (κ2) is 14.6. The Kier molecular flexibility index (Phi) is 10.8. The SMILES string of the molecule is CCc1cnc2c3cc(ccc13)CCCC(C)(C)COC(=O)CC(C(C)(C)C)C(=O)N1CC(CC1C(=O)C[C@]1(C(=O)NS(=O)(=O)C3CC3)C[C@H]1CC)O2. The van der Waals surface area contributed by atoms with E-state index in [-0.39, 0.29) is 55.4 Å². The van der Waals surface area contributed by atoms with Crippen LogP contribution in [-0.4, -0.2) is 72.4 Å². The molecular weight excluding hydrogens is 695 g/mol. The van der Waals surface area contributed by atoms with Crippen molar-refractivity contribution in [2.45, 2.75) is 136 Å². The first-order chi connectivity index (χ1) is 24.9. The van der Waals surface area contributed by atoms with E-state index in [1.165, 1.54) is 4.90 Å². The maximum absolute atomic E-state index is 14.7. The van der Waals surface area contributed by atoms with E-state index in [4.69, 9.17) is 14.5 Å². The molecule has 2 aliphatic carbocycles. The first-order valence-corrected chi connectivity index (χ1v) is 21.0. The van der Waals surface area contributed by atoms with E-state index in [1.807, 2.05) is 33.9 Å². The molecule has 3 unspecified atom stereocenters. The van der Waals surface area contributed by atoms with Crippen molar-refractivity contribution in [1.82, 2.24) is 14.6 Å². The van der Waals surface area contributed by atoms with Crippen molar-refractivity contribution in [1.29, 1.82) is 0 Å². The third-order valence-electron chi connectivity index (χ3n) is 12.1. The van der Waals surface area contributed by atoms with Crippen LogP contribution in [0, 0.1) is 28.1 Å². The quantitative estimate of drug-likeness (QED) is 0.317. The predicted octanol–water partition coefficient (Wildman–Crippen LogP) is 6.09. The fourth-order valence-electron chi connectivity index (χ4n) is 8.37. The molecule has 0 spiro atoms. The fraction of sp³-hybridized carbons (Fsp3) is 0.683. The van der Waals surface area contributed by atoms with Crippen LogP contribution in [0.3, 0.4) is 0 Å². The van der Waals surface area contributed by atoms with Gasteiger partial charge in [0.2, 0.25) is 27.7 Å². The highest BCUT2D eigenvalue weighted by molar-refractivity contribution is 7.90. The lowest BCUT2D eigenvalue weighted by atomic mass is 9.77. The number of ketones is 1. The van der Waals surface area contributed by atoms with E-state index in [0.717, 1.165) is 47.6 Å². The molecule has 2 aromatic rings. The lowest BCUT2D eigenvalue weighted by molar-refractivity contribution is -0.155. The summed E-state index contributed by atoms with van der Waals surface area (Å²) in [6.07, 6.45) is 6.46. The van der Waals surface area contributed by atoms with Crippen molar-refractivity contribution in [2.75, 3.05) is 13.2 Å². The van der Waals surface area contributed by atoms with Gasteiger partial charge >= 0.3 is 5.97 Å². The molecule has 2 saturated carbocycles. The Balaban J connectivity index is 1.36. The zero-order valence-corrected chi connectivity index (χ0v) is 33.3. The van der Waals surface area contributed by atoms with Crippen molar-refractivity contribution in [3.8, 4) is 5.88 Å². The monoisotopic (exact) mass is 751 g/mol. The number of Topliss-reactive ketones (excluding diaryl/α,β-unsaturated/α-hetero) is 1. The summed E-state index contributed by atoms with van der Waals surface area (Å²) in [6.45, 7) is 14.2. The van der Waals surface area contributed by atoms with Gasteiger partial charge in [-0.15, -0.1) is 0 Å². The van der Waals surface area contributed by atoms with Gasteiger partial charge in [-0.3, -0.25) is 23.9 Å². The average molecular weight is 752 g/mol. The third kappa shape index (κ3) is 8.42. The summed E-state index contributed by atoms with van der Waals surface area (Å²) >= 11 is 0. The fourth-order valence-corrected chi connectivity index (χ4v) is 9.75. The molecule has 11 nitrogen and oxygen atoms in total. The van der Waals surface area contributed by atoms with Gasteiger partial charge in [0.05, 0.1) is 42.2 Å². The minimum atomic E-state index is -3.81. The molecule has 2 aliphatic heterocycles. The van der Waals surface area contributed by atoms with Crippen LogP contribution in [0.2, 0.25) is 0 Å². The van der Waals surface area contributed by atoms with Crippen molar-refractivity contribution < 1.29 is 37.1 Å². The molecule has 4 bridgehead atoms. The van der Waals surface area contributed by atoms with Crippen LogP contribution in [0.5, 0.6) is 5.88 Å². The molecule has 3 fully saturated rings. The van der Waals surface area contributed by atoms with E-state index in [9.17, 15) is 27.6 Å². The van der Waals surface area contributed by atoms with Crippen LogP contribution in [-0.2, 0) is 46.8 Å². The van der Waals surface area contributed by atoms with E-state index < -0.39 is 56.0 Å². The topological polar surface area (TPSA) is 149 Å². The Hall–Kier alpha value is -3.54. The Labute approximate surface area is 314 Å². The van der Waals surface area contributed by atoms with Crippen LogP contribution in [0.15, 0.2) is 24.4 Å². The highest BCUT2D eigenvalue weighted by Crippen LogP contribution is 2.58. The number of esters is 1. The van der Waals surface area contributed by atoms with Crippen molar-refractivity contribution in [3.63, 3.8) is 0 Å². The maximum Gasteiger partial charge on any atom is 0.306 e. The number of carbonyl (C=O) groups is 4. The summed E-state index contributed by atoms with van der Waals surface area (Å²) in [5.41, 5.74) is 0.153. The molecule has 290 valence electrons. The second-order valence-electron chi connectivity index (χ2n) is 17.9. The Morgan fingerprint density at radius 1 is 1.09 bits per heavy atom. The lowest BCUT2D eigenvalue weighted by Crippen LogP contribution is -2.48. The first-order valence-electron chi connectivity index (χ1n) is 19.5. The number of pyridine rings is 1. The van der Waals surface area contributed by atoms with Crippen molar-refractivity contribution in [2.24, 2.45) is 28.1 Å². The summed E-state index contributed by atoms with van der Waals surface area (Å²) in [5, 5.41) is 1.35. The normalized spacial score (nSPS) is 28.2. The van der Waals surface area contributed by atoms with Crippen molar-refractivity contribution in [3.05, 3.63) is 35.5 Å². The number of aryl methyl sites for hydroxylation is 2. The first kappa shape index (κ1) is 39.2. The summed E-state index contributed by atoms with van der Waals surface area (Å²) in [4.78, 5) is 62.5. The molecule has 6 rings (SSSR count). The smallest absolute Gasteiger partial charge is 0.306 e. The van der Waals surface area contributed by atoms with Gasteiger partial charge in [0, 0.05) is 24.4 Å². The van der Waals surface area contributed by atoms with E-state index >= 15 is 0 Å². The zero-order valence-electron chi connectivity index (χ0n) is 32.5. The highest BCUT2D eigenvalue weighted by Gasteiger charge is 2.62. The molecule has 4 aliphatic rings. The molecule has 12 heteroatoms. The number of cyclic esters (lactones) is 1. The Morgan fingerprint density at radius 2 is 1.83 bits per heavy atom. The van der Waals surface area contributed by atoms with Crippen LogP contribution >= 0.6 is 0 Å². The third-order valence-corrected chi connectivity index (χ3v) is 13.9. The van der Waals surface area contributed by atoms with Gasteiger partial charge in [-0.25, -0.2) is 13.4 Å². The number of benzene rings is 1. The number of ether oxygens (including phenoxy) is 2. The van der Waals surface area contributed by atoms with Gasteiger partial charge in [0.1, 0.15) is 6.10 Å². The lowest BCUT2D eigenvalue weighted by Gasteiger charge is -2.35. The second-order valence-corrected chi connectivity index (χ2v) is 19.9. The minimum absolute atomic E-state index is 0.0920. The molecule has 2 amide bonds. The minimum Gasteiger partial charge on any atom is -0.472 e. The predicted molar refractivity (Wildman–Crippen MR) is 201 cm³/mol. The number of sulfonamides is 1. The summed E-state index contributed by atoms with van der Waals surface area (Å²) in [5.74, 6) is -2.26. The van der Waals surface area contributed by atoms with E-state index in [0.29, 0.717) is 31.6 Å². The molecule has 1 aromatic heterocycles. The Bertz CT molecular complexity index is 1880. The van der Waals surface area contributed by atoms with Crippen LogP contribution < -0.4 is 9.46 Å². The highest BCUT2D eigenvalue weighted by atomic mass is 32.2. The molecule has 1 N–H and O–H groups in total. The largest absolute Gasteiger partial charge is 0.472 e. The van der Waals surface area contributed by atoms with E-state index in [2.05, 4.69) is 43.7 Å². The number of rotatable bonds is 8. The summed E-state index contributed by atoms with van der Waals surface area (Å²) in [7, 11) is -3.81. The average Bonchev–Trinajstić information content (AvgIpc) is 4.02. The van der Waals surface area contributed by atoms with Crippen LogP contribution in [0.1, 0.15) is 117 Å². The number of nitrogens with zero attached hydrogens (tertiary/aromatic N) is 2. The number of hydrogen-bond donors (Lipinski definition) is 1. The maximum atomic E-state index is 14.7. The molecule has 1 saturated heterocycles. The number of nitrogens with one attached hydrogen (secondary N) is 1. The molecule has 1 aromatic carbocycles. The van der Waals surface area contributed by atoms with Crippen molar-refractivity contribution >= 4 is 44.4 Å². The summed E-state index contributed by atoms with van der Waals surface area (Å²) < 4.78 is 40.3. The Morgan fingerprint density at radius 3 is 2.47 bits per heavy atom.